The number of ether oxygens (including phenoxy) is 2. The van der Waals surface area contributed by atoms with Crippen molar-refractivity contribution in [2.75, 3.05) is 45.9 Å². The maximum Gasteiger partial charge on any atom is 0.347 e. The minimum atomic E-state index is -1.52. The number of nitrogens with zero attached hydrogens (tertiary/aromatic N) is 2. The molecule has 1 N–H and O–H groups in total. The zero-order valence-electron chi connectivity index (χ0n) is 20.7. The molecule has 0 amide bonds. The quantitative estimate of drug-likeness (QED) is 0.500. The first kappa shape index (κ1) is 26.5. The lowest BCUT2D eigenvalue weighted by Gasteiger charge is -2.29. The Morgan fingerprint density at radius 3 is 2.50 bits per heavy atom. The fraction of sp³-hybridized carbons (Fsp3) is 0.600. The molecule has 1 aromatic carbocycles. The zero-order valence-corrected chi connectivity index (χ0v) is 21.5. The third-order valence-corrected chi connectivity index (χ3v) is 6.84. The van der Waals surface area contributed by atoms with Gasteiger partial charge in [-0.2, -0.15) is 0 Å². The van der Waals surface area contributed by atoms with Crippen LogP contribution in [0.4, 0.5) is 0 Å². The molecule has 0 spiro atoms. The molecule has 1 aromatic heterocycles. The van der Waals surface area contributed by atoms with Crippen molar-refractivity contribution in [2.45, 2.75) is 53.2 Å². The van der Waals surface area contributed by atoms with Crippen molar-refractivity contribution in [3.8, 4) is 5.75 Å². The minimum absolute atomic E-state index is 0.116. The first-order valence-corrected chi connectivity index (χ1v) is 12.2. The standard InChI is InChI=1S/C25H35ClN2O6/c1-6-27(7-2)9-8-18-16(3)19-14-17(15-28-10-12-32-13-11-28)21(34-25(4,5)24(30)31)20(26)22(19)33-23(18)29/h14H,6-13,15H2,1-5H3,(H,30,31). The highest BCUT2D eigenvalue weighted by atomic mass is 35.5. The van der Waals surface area contributed by atoms with Crippen LogP contribution in [0, 0.1) is 6.92 Å². The average molecular weight is 495 g/mol. The number of rotatable bonds is 10. The van der Waals surface area contributed by atoms with E-state index in [1.165, 1.54) is 13.8 Å². The van der Waals surface area contributed by atoms with Gasteiger partial charge in [0.2, 0.25) is 0 Å². The molecule has 1 aliphatic rings. The van der Waals surface area contributed by atoms with Gasteiger partial charge in [0, 0.05) is 42.7 Å². The number of carboxylic acid groups (broad SMARTS) is 1. The number of hydrogen-bond donors (Lipinski definition) is 1. The van der Waals surface area contributed by atoms with E-state index < -0.39 is 17.2 Å². The summed E-state index contributed by atoms with van der Waals surface area (Å²) in [7, 11) is 0. The smallest absolute Gasteiger partial charge is 0.347 e. The molecule has 0 unspecified atom stereocenters. The largest absolute Gasteiger partial charge is 0.478 e. The molecular weight excluding hydrogens is 460 g/mol. The van der Waals surface area contributed by atoms with E-state index in [0.717, 1.165) is 49.2 Å². The van der Waals surface area contributed by atoms with Crippen LogP contribution in [-0.4, -0.2) is 72.4 Å². The Bertz CT molecular complexity index is 1090. The van der Waals surface area contributed by atoms with Crippen LogP contribution in [0.3, 0.4) is 0 Å². The molecule has 0 saturated carbocycles. The number of aryl methyl sites for hydroxylation is 1. The number of aliphatic carboxylic acids is 1. The molecule has 34 heavy (non-hydrogen) atoms. The van der Waals surface area contributed by atoms with Crippen molar-refractivity contribution in [1.82, 2.24) is 9.80 Å². The molecule has 0 aliphatic carbocycles. The molecule has 2 aromatic rings. The summed E-state index contributed by atoms with van der Waals surface area (Å²) in [4.78, 5) is 29.1. The van der Waals surface area contributed by atoms with Crippen LogP contribution < -0.4 is 10.4 Å². The van der Waals surface area contributed by atoms with Crippen molar-refractivity contribution >= 4 is 28.5 Å². The topological polar surface area (TPSA) is 92.5 Å². The summed E-state index contributed by atoms with van der Waals surface area (Å²) in [6.07, 6.45) is 0.576. The highest BCUT2D eigenvalue weighted by Crippen LogP contribution is 2.40. The lowest BCUT2D eigenvalue weighted by atomic mass is 10.00. The molecule has 1 aliphatic heterocycles. The normalized spacial score (nSPS) is 15.3. The number of carbonyl (C=O) groups is 1. The van der Waals surface area contributed by atoms with Crippen LogP contribution in [0.5, 0.6) is 5.75 Å². The van der Waals surface area contributed by atoms with E-state index in [2.05, 4.69) is 23.6 Å². The highest BCUT2D eigenvalue weighted by Gasteiger charge is 2.33. The van der Waals surface area contributed by atoms with Gasteiger partial charge >= 0.3 is 11.6 Å². The van der Waals surface area contributed by atoms with Gasteiger partial charge in [0.15, 0.2) is 11.2 Å². The van der Waals surface area contributed by atoms with Crippen LogP contribution in [0.15, 0.2) is 15.3 Å². The number of morpholine rings is 1. The molecule has 1 saturated heterocycles. The van der Waals surface area contributed by atoms with E-state index in [4.69, 9.17) is 25.5 Å². The summed E-state index contributed by atoms with van der Waals surface area (Å²) in [5, 5.41) is 10.5. The summed E-state index contributed by atoms with van der Waals surface area (Å²) >= 11 is 6.74. The van der Waals surface area contributed by atoms with Crippen molar-refractivity contribution in [1.29, 1.82) is 0 Å². The number of benzene rings is 1. The first-order valence-electron chi connectivity index (χ1n) is 11.8. The van der Waals surface area contributed by atoms with Crippen LogP contribution in [-0.2, 0) is 22.5 Å². The monoisotopic (exact) mass is 494 g/mol. The van der Waals surface area contributed by atoms with Gasteiger partial charge in [0.05, 0.1) is 13.2 Å². The molecular formula is C25H35ClN2O6. The number of fused-ring (bicyclic) bond motifs is 1. The molecule has 0 radical (unpaired) electrons. The van der Waals surface area contributed by atoms with Crippen LogP contribution >= 0.6 is 11.6 Å². The van der Waals surface area contributed by atoms with Crippen molar-refractivity contribution < 1.29 is 23.8 Å². The SMILES string of the molecule is CCN(CC)CCc1c(C)c2cc(CN3CCOCC3)c(OC(C)(C)C(=O)O)c(Cl)c2oc1=O. The van der Waals surface area contributed by atoms with Gasteiger partial charge in [-0.3, -0.25) is 4.90 Å². The molecule has 2 heterocycles. The predicted molar refractivity (Wildman–Crippen MR) is 132 cm³/mol. The molecule has 1 fully saturated rings. The lowest BCUT2D eigenvalue weighted by Crippen LogP contribution is -2.39. The second-order valence-electron chi connectivity index (χ2n) is 9.13. The summed E-state index contributed by atoms with van der Waals surface area (Å²) in [5.74, 6) is -0.892. The second kappa shape index (κ2) is 11.1. The van der Waals surface area contributed by atoms with Gasteiger partial charge in [-0.25, -0.2) is 9.59 Å². The minimum Gasteiger partial charge on any atom is -0.478 e. The fourth-order valence-corrected chi connectivity index (χ4v) is 4.44. The van der Waals surface area contributed by atoms with Gasteiger partial charge < -0.3 is 23.9 Å². The summed E-state index contributed by atoms with van der Waals surface area (Å²) in [5.41, 5.74) is 0.484. The molecule has 3 rings (SSSR count). The van der Waals surface area contributed by atoms with Gasteiger partial charge in [0.1, 0.15) is 10.8 Å². The van der Waals surface area contributed by atoms with Gasteiger partial charge in [0.25, 0.3) is 0 Å². The Labute approximate surface area is 205 Å². The van der Waals surface area contributed by atoms with Crippen molar-refractivity contribution in [3.05, 3.63) is 38.2 Å². The molecule has 9 heteroatoms. The van der Waals surface area contributed by atoms with Crippen molar-refractivity contribution in [3.63, 3.8) is 0 Å². The zero-order chi connectivity index (χ0) is 25.0. The maximum absolute atomic E-state index is 12.9. The third kappa shape index (κ3) is 5.74. The molecule has 8 nitrogen and oxygen atoms in total. The first-order chi connectivity index (χ1) is 16.1. The maximum atomic E-state index is 12.9. The molecule has 0 atom stereocenters. The Kier molecular flexibility index (Phi) is 8.62. The number of halogens is 1. The van der Waals surface area contributed by atoms with Crippen LogP contribution in [0.25, 0.3) is 11.0 Å². The molecule has 0 bridgehead atoms. The van der Waals surface area contributed by atoms with Gasteiger partial charge in [-0.15, -0.1) is 0 Å². The summed E-state index contributed by atoms with van der Waals surface area (Å²) in [6, 6.07) is 1.92. The highest BCUT2D eigenvalue weighted by molar-refractivity contribution is 6.36. The Morgan fingerprint density at radius 2 is 1.91 bits per heavy atom. The van der Waals surface area contributed by atoms with Crippen LogP contribution in [0.2, 0.25) is 5.02 Å². The molecule has 188 valence electrons. The number of likely N-dealkylation sites (N-methyl/N-ethyl adjacent to an activating group) is 1. The Morgan fingerprint density at radius 1 is 1.26 bits per heavy atom. The summed E-state index contributed by atoms with van der Waals surface area (Å²) in [6.45, 7) is 14.9. The van der Waals surface area contributed by atoms with Gasteiger partial charge in [-0.1, -0.05) is 25.4 Å². The number of carboxylic acids is 1. The van der Waals surface area contributed by atoms with Crippen LogP contribution in [0.1, 0.15) is 44.4 Å². The fourth-order valence-electron chi connectivity index (χ4n) is 4.14. The van der Waals surface area contributed by atoms with E-state index in [9.17, 15) is 14.7 Å². The average Bonchev–Trinajstić information content (AvgIpc) is 2.80. The second-order valence-corrected chi connectivity index (χ2v) is 9.51. The predicted octanol–water partition coefficient (Wildman–Crippen LogP) is 3.71. The number of hydrogen-bond acceptors (Lipinski definition) is 7. The van der Waals surface area contributed by atoms with Gasteiger partial charge in [-0.05, 0) is 51.9 Å². The summed E-state index contributed by atoms with van der Waals surface area (Å²) < 4.78 is 17.1. The van der Waals surface area contributed by atoms with E-state index in [-0.39, 0.29) is 16.4 Å². The van der Waals surface area contributed by atoms with E-state index in [0.29, 0.717) is 31.7 Å². The lowest BCUT2D eigenvalue weighted by molar-refractivity contribution is -0.152. The Hall–Kier alpha value is -2.13. The Balaban J connectivity index is 2.13. The van der Waals surface area contributed by atoms with E-state index in [1.807, 2.05) is 13.0 Å². The van der Waals surface area contributed by atoms with Crippen molar-refractivity contribution in [2.24, 2.45) is 0 Å². The van der Waals surface area contributed by atoms with E-state index >= 15 is 0 Å². The van der Waals surface area contributed by atoms with E-state index in [1.54, 1.807) is 0 Å². The third-order valence-electron chi connectivity index (χ3n) is 6.49.